The first-order valence-electron chi connectivity index (χ1n) is 5.91. The molecule has 3 rings (SSSR count). The van der Waals surface area contributed by atoms with E-state index < -0.39 is 0 Å². The number of pyridine rings is 1. The summed E-state index contributed by atoms with van der Waals surface area (Å²) in [5.74, 6) is 1.59. The fourth-order valence-electron chi connectivity index (χ4n) is 1.84. The Morgan fingerprint density at radius 2 is 1.89 bits per heavy atom. The van der Waals surface area contributed by atoms with Gasteiger partial charge < -0.3 is 9.47 Å². The SMILES string of the molecule is COc1ccc(OCc2[nH]nc3ncccc23)cc1. The van der Waals surface area contributed by atoms with Crippen LogP contribution >= 0.6 is 0 Å². The topological polar surface area (TPSA) is 60.0 Å². The molecule has 5 heteroatoms. The molecule has 0 bridgehead atoms. The molecule has 0 aliphatic rings. The van der Waals surface area contributed by atoms with Gasteiger partial charge in [0.2, 0.25) is 0 Å². The van der Waals surface area contributed by atoms with Crippen LogP contribution in [0.1, 0.15) is 5.69 Å². The number of aromatic amines is 1. The van der Waals surface area contributed by atoms with Crippen molar-refractivity contribution in [3.05, 3.63) is 48.3 Å². The molecule has 0 amide bonds. The van der Waals surface area contributed by atoms with Crippen LogP contribution in [0.2, 0.25) is 0 Å². The number of rotatable bonds is 4. The molecule has 0 saturated carbocycles. The third-order valence-corrected chi connectivity index (χ3v) is 2.85. The summed E-state index contributed by atoms with van der Waals surface area (Å²) in [5.41, 5.74) is 1.62. The van der Waals surface area contributed by atoms with Crippen molar-refractivity contribution >= 4 is 11.0 Å². The van der Waals surface area contributed by atoms with E-state index in [1.54, 1.807) is 13.3 Å². The van der Waals surface area contributed by atoms with E-state index in [4.69, 9.17) is 9.47 Å². The molecule has 0 fully saturated rings. The lowest BCUT2D eigenvalue weighted by molar-refractivity contribution is 0.302. The summed E-state index contributed by atoms with van der Waals surface area (Å²) in [6.45, 7) is 0.425. The highest BCUT2D eigenvalue weighted by molar-refractivity contribution is 5.77. The molecular formula is C14H13N3O2. The summed E-state index contributed by atoms with van der Waals surface area (Å²) in [6.07, 6.45) is 1.72. The summed E-state index contributed by atoms with van der Waals surface area (Å²) < 4.78 is 10.8. The molecule has 5 nitrogen and oxygen atoms in total. The van der Waals surface area contributed by atoms with Crippen molar-refractivity contribution in [3.8, 4) is 11.5 Å². The molecule has 2 aromatic heterocycles. The number of methoxy groups -OCH3 is 1. The van der Waals surface area contributed by atoms with Gasteiger partial charge in [-0.1, -0.05) is 0 Å². The van der Waals surface area contributed by atoms with Crippen molar-refractivity contribution in [2.45, 2.75) is 6.61 Å². The molecule has 3 aromatic rings. The standard InChI is InChI=1S/C14H13N3O2/c1-18-10-4-6-11(7-5-10)19-9-13-12-3-2-8-15-14(12)17-16-13/h2-8H,9H2,1H3,(H,15,16,17). The molecule has 1 aromatic carbocycles. The van der Waals surface area contributed by atoms with Crippen LogP contribution in [0.25, 0.3) is 11.0 Å². The predicted molar refractivity (Wildman–Crippen MR) is 71.2 cm³/mol. The molecule has 0 atom stereocenters. The van der Waals surface area contributed by atoms with Gasteiger partial charge in [-0.15, -0.1) is 0 Å². The minimum atomic E-state index is 0.425. The van der Waals surface area contributed by atoms with Gasteiger partial charge in [0.25, 0.3) is 0 Å². The first kappa shape index (κ1) is 11.5. The second-order valence-electron chi connectivity index (χ2n) is 4.04. The average molecular weight is 255 g/mol. The van der Waals surface area contributed by atoms with Crippen molar-refractivity contribution in [1.29, 1.82) is 0 Å². The molecule has 0 radical (unpaired) electrons. The summed E-state index contributed by atoms with van der Waals surface area (Å²) in [7, 11) is 1.64. The minimum absolute atomic E-state index is 0.425. The Hall–Kier alpha value is -2.56. The molecule has 1 N–H and O–H groups in total. The van der Waals surface area contributed by atoms with E-state index in [-0.39, 0.29) is 0 Å². The molecule has 0 saturated heterocycles. The molecule has 0 aliphatic heterocycles. The van der Waals surface area contributed by atoms with Crippen LogP contribution in [0, 0.1) is 0 Å². The van der Waals surface area contributed by atoms with Gasteiger partial charge in [0, 0.05) is 11.6 Å². The van der Waals surface area contributed by atoms with Crippen LogP contribution in [0.5, 0.6) is 11.5 Å². The Balaban J connectivity index is 1.74. The van der Waals surface area contributed by atoms with Gasteiger partial charge in [-0.2, -0.15) is 5.10 Å². The average Bonchev–Trinajstić information content (AvgIpc) is 2.89. The lowest BCUT2D eigenvalue weighted by Gasteiger charge is -2.05. The monoisotopic (exact) mass is 255 g/mol. The number of ether oxygens (including phenoxy) is 2. The third kappa shape index (κ3) is 2.35. The highest BCUT2D eigenvalue weighted by Gasteiger charge is 2.06. The maximum Gasteiger partial charge on any atom is 0.181 e. The summed E-state index contributed by atoms with van der Waals surface area (Å²) in [6, 6.07) is 11.3. The van der Waals surface area contributed by atoms with E-state index in [0.29, 0.717) is 12.3 Å². The molecule has 19 heavy (non-hydrogen) atoms. The fraction of sp³-hybridized carbons (Fsp3) is 0.143. The van der Waals surface area contributed by atoms with Gasteiger partial charge >= 0.3 is 0 Å². The number of hydrogen-bond donors (Lipinski definition) is 1. The number of nitrogens with one attached hydrogen (secondary N) is 1. The lowest BCUT2D eigenvalue weighted by atomic mass is 10.3. The third-order valence-electron chi connectivity index (χ3n) is 2.85. The second-order valence-corrected chi connectivity index (χ2v) is 4.04. The Morgan fingerprint density at radius 3 is 2.68 bits per heavy atom. The van der Waals surface area contributed by atoms with Gasteiger partial charge in [0.15, 0.2) is 5.65 Å². The largest absolute Gasteiger partial charge is 0.497 e. The van der Waals surface area contributed by atoms with E-state index in [2.05, 4.69) is 15.2 Å². The first-order valence-corrected chi connectivity index (χ1v) is 5.91. The van der Waals surface area contributed by atoms with Crippen LogP contribution in [0.3, 0.4) is 0 Å². The van der Waals surface area contributed by atoms with Crippen molar-refractivity contribution < 1.29 is 9.47 Å². The zero-order valence-corrected chi connectivity index (χ0v) is 10.5. The normalized spacial score (nSPS) is 10.6. The first-order chi connectivity index (χ1) is 9.36. The zero-order valence-electron chi connectivity index (χ0n) is 10.5. The summed E-state index contributed by atoms with van der Waals surface area (Å²) in [5, 5.41) is 8.05. The Labute approximate surface area is 110 Å². The van der Waals surface area contributed by atoms with Crippen LogP contribution < -0.4 is 9.47 Å². The highest BCUT2D eigenvalue weighted by Crippen LogP contribution is 2.19. The molecule has 2 heterocycles. The Morgan fingerprint density at radius 1 is 1.11 bits per heavy atom. The number of fused-ring (bicyclic) bond motifs is 1. The number of hydrogen-bond acceptors (Lipinski definition) is 4. The smallest absolute Gasteiger partial charge is 0.181 e. The number of benzene rings is 1. The summed E-state index contributed by atoms with van der Waals surface area (Å²) in [4.78, 5) is 4.17. The fourth-order valence-corrected chi connectivity index (χ4v) is 1.84. The maximum atomic E-state index is 5.70. The zero-order chi connectivity index (χ0) is 13.1. The van der Waals surface area contributed by atoms with Crippen LogP contribution in [-0.2, 0) is 6.61 Å². The highest BCUT2D eigenvalue weighted by atomic mass is 16.5. The van der Waals surface area contributed by atoms with Crippen molar-refractivity contribution in [3.63, 3.8) is 0 Å². The Bertz CT molecular complexity index is 676. The van der Waals surface area contributed by atoms with Crippen LogP contribution in [0.4, 0.5) is 0 Å². The molecule has 0 unspecified atom stereocenters. The van der Waals surface area contributed by atoms with Crippen molar-refractivity contribution in [1.82, 2.24) is 15.2 Å². The quantitative estimate of drug-likeness (QED) is 0.778. The van der Waals surface area contributed by atoms with Gasteiger partial charge in [0.05, 0.1) is 12.8 Å². The van der Waals surface area contributed by atoms with Gasteiger partial charge in [0.1, 0.15) is 18.1 Å². The van der Waals surface area contributed by atoms with Gasteiger partial charge in [-0.25, -0.2) is 4.98 Å². The van der Waals surface area contributed by atoms with E-state index >= 15 is 0 Å². The lowest BCUT2D eigenvalue weighted by Crippen LogP contribution is -1.96. The maximum absolute atomic E-state index is 5.70. The van der Waals surface area contributed by atoms with E-state index in [1.165, 1.54) is 0 Å². The van der Waals surface area contributed by atoms with Gasteiger partial charge in [-0.05, 0) is 36.4 Å². The number of nitrogens with zero attached hydrogens (tertiary/aromatic N) is 2. The van der Waals surface area contributed by atoms with Gasteiger partial charge in [-0.3, -0.25) is 5.10 Å². The molecule has 96 valence electrons. The van der Waals surface area contributed by atoms with Crippen LogP contribution in [-0.4, -0.2) is 22.3 Å². The predicted octanol–water partition coefficient (Wildman–Crippen LogP) is 2.55. The molecule has 0 spiro atoms. The van der Waals surface area contributed by atoms with Crippen molar-refractivity contribution in [2.75, 3.05) is 7.11 Å². The summed E-state index contributed by atoms with van der Waals surface area (Å²) >= 11 is 0. The molecular weight excluding hydrogens is 242 g/mol. The number of H-pyrrole nitrogens is 1. The molecule has 0 aliphatic carbocycles. The van der Waals surface area contributed by atoms with Crippen molar-refractivity contribution in [2.24, 2.45) is 0 Å². The second kappa shape index (κ2) is 4.97. The van der Waals surface area contributed by atoms with E-state index in [1.807, 2.05) is 36.4 Å². The number of aromatic nitrogens is 3. The minimum Gasteiger partial charge on any atom is -0.497 e. The van der Waals surface area contributed by atoms with Crippen LogP contribution in [0.15, 0.2) is 42.6 Å². The van der Waals surface area contributed by atoms with E-state index in [9.17, 15) is 0 Å². The Kier molecular flexibility index (Phi) is 3.02. The van der Waals surface area contributed by atoms with E-state index in [0.717, 1.165) is 22.6 Å².